The SMILES string of the molecule is c1c[nH]c(CN(Cc2ccc(CN3CCCC4(CCN(C5CCCCC5)CC4)C3)cc2)Cc2ncc[nH]2)n1. The largest absolute Gasteiger partial charge is 0.348 e. The molecule has 1 spiro atoms. The molecule has 1 saturated carbocycles. The van der Waals surface area contributed by atoms with Crippen LogP contribution < -0.4 is 0 Å². The van der Waals surface area contributed by atoms with Gasteiger partial charge in [-0.1, -0.05) is 43.5 Å². The number of nitrogens with zero attached hydrogens (tertiary/aromatic N) is 5. The maximum atomic E-state index is 4.43. The van der Waals surface area contributed by atoms with E-state index in [4.69, 9.17) is 0 Å². The van der Waals surface area contributed by atoms with Crippen molar-refractivity contribution >= 4 is 0 Å². The molecule has 0 atom stereocenters. The van der Waals surface area contributed by atoms with Gasteiger partial charge in [0.05, 0.1) is 13.1 Å². The minimum Gasteiger partial charge on any atom is -0.348 e. The second-order valence-electron chi connectivity index (χ2n) is 12.2. The van der Waals surface area contributed by atoms with Crippen LogP contribution in [-0.2, 0) is 26.2 Å². The van der Waals surface area contributed by atoms with Crippen LogP contribution in [0.2, 0.25) is 0 Å². The van der Waals surface area contributed by atoms with E-state index in [0.717, 1.165) is 43.9 Å². The van der Waals surface area contributed by atoms with Crippen LogP contribution in [0.15, 0.2) is 49.1 Å². The maximum absolute atomic E-state index is 4.43. The van der Waals surface area contributed by atoms with Gasteiger partial charge in [0.2, 0.25) is 0 Å². The van der Waals surface area contributed by atoms with Gasteiger partial charge in [-0.2, -0.15) is 0 Å². The molecule has 0 radical (unpaired) electrons. The molecule has 4 heterocycles. The molecule has 2 saturated heterocycles. The fraction of sp³-hybridized carbons (Fsp3) is 0.613. The van der Waals surface area contributed by atoms with Gasteiger partial charge in [0, 0.05) is 50.5 Å². The van der Waals surface area contributed by atoms with E-state index >= 15 is 0 Å². The quantitative estimate of drug-likeness (QED) is 0.402. The maximum Gasteiger partial charge on any atom is 0.120 e. The molecular formula is C31H45N7. The lowest BCUT2D eigenvalue weighted by atomic mass is 9.72. The summed E-state index contributed by atoms with van der Waals surface area (Å²) >= 11 is 0. The topological polar surface area (TPSA) is 67.1 Å². The Morgan fingerprint density at radius 3 is 2.05 bits per heavy atom. The van der Waals surface area contributed by atoms with Gasteiger partial charge in [-0.15, -0.1) is 0 Å². The number of nitrogens with one attached hydrogen (secondary N) is 2. The minimum atomic E-state index is 0.557. The van der Waals surface area contributed by atoms with Crippen molar-refractivity contribution in [3.63, 3.8) is 0 Å². The highest BCUT2D eigenvalue weighted by Crippen LogP contribution is 2.41. The van der Waals surface area contributed by atoms with Gasteiger partial charge in [0.1, 0.15) is 11.6 Å². The van der Waals surface area contributed by atoms with Gasteiger partial charge >= 0.3 is 0 Å². The molecule has 3 fully saturated rings. The fourth-order valence-electron chi connectivity index (χ4n) is 7.29. The van der Waals surface area contributed by atoms with Gasteiger partial charge in [0.25, 0.3) is 0 Å². The van der Waals surface area contributed by atoms with Crippen LogP contribution in [0.25, 0.3) is 0 Å². The lowest BCUT2D eigenvalue weighted by Gasteiger charge is -2.49. The zero-order chi connectivity index (χ0) is 25.6. The van der Waals surface area contributed by atoms with Crippen molar-refractivity contribution in [1.29, 1.82) is 0 Å². The molecule has 7 nitrogen and oxygen atoms in total. The van der Waals surface area contributed by atoms with E-state index < -0.39 is 0 Å². The fourth-order valence-corrected chi connectivity index (χ4v) is 7.29. The number of H-pyrrole nitrogens is 2. The summed E-state index contributed by atoms with van der Waals surface area (Å²) in [6.07, 6.45) is 20.3. The summed E-state index contributed by atoms with van der Waals surface area (Å²) in [7, 11) is 0. The van der Waals surface area contributed by atoms with Crippen LogP contribution in [0.5, 0.6) is 0 Å². The zero-order valence-corrected chi connectivity index (χ0v) is 23.0. The minimum absolute atomic E-state index is 0.557. The summed E-state index contributed by atoms with van der Waals surface area (Å²) in [5.74, 6) is 1.97. The molecule has 6 rings (SSSR count). The Morgan fingerprint density at radius 2 is 1.42 bits per heavy atom. The van der Waals surface area contributed by atoms with Crippen molar-refractivity contribution in [2.24, 2.45) is 5.41 Å². The second-order valence-corrected chi connectivity index (χ2v) is 12.2. The molecule has 0 amide bonds. The van der Waals surface area contributed by atoms with E-state index in [1.165, 1.54) is 95.1 Å². The number of piperidine rings is 2. The van der Waals surface area contributed by atoms with Crippen LogP contribution in [0, 0.1) is 5.41 Å². The normalized spacial score (nSPS) is 21.4. The molecule has 204 valence electrons. The molecule has 38 heavy (non-hydrogen) atoms. The predicted octanol–water partition coefficient (Wildman–Crippen LogP) is 5.35. The lowest BCUT2D eigenvalue weighted by molar-refractivity contribution is 0.00256. The first-order valence-electron chi connectivity index (χ1n) is 15.0. The summed E-state index contributed by atoms with van der Waals surface area (Å²) in [5.41, 5.74) is 3.33. The molecule has 3 aliphatic rings. The van der Waals surface area contributed by atoms with Gasteiger partial charge in [-0.3, -0.25) is 9.80 Å². The number of imidazole rings is 2. The monoisotopic (exact) mass is 515 g/mol. The van der Waals surface area contributed by atoms with E-state index in [2.05, 4.69) is 58.9 Å². The third kappa shape index (κ3) is 6.56. The van der Waals surface area contributed by atoms with Crippen LogP contribution >= 0.6 is 0 Å². The van der Waals surface area contributed by atoms with E-state index in [0.29, 0.717) is 5.41 Å². The average Bonchev–Trinajstić information content (AvgIpc) is 3.66. The highest BCUT2D eigenvalue weighted by atomic mass is 15.2. The molecule has 1 aliphatic carbocycles. The zero-order valence-electron chi connectivity index (χ0n) is 23.0. The summed E-state index contributed by atoms with van der Waals surface area (Å²) in [6, 6.07) is 10.2. The Morgan fingerprint density at radius 1 is 0.763 bits per heavy atom. The Bertz CT molecular complexity index is 1040. The summed E-state index contributed by atoms with van der Waals surface area (Å²) < 4.78 is 0. The van der Waals surface area contributed by atoms with Crippen LogP contribution in [0.4, 0.5) is 0 Å². The Balaban J connectivity index is 1.02. The molecular weight excluding hydrogens is 470 g/mol. The molecule has 2 aromatic heterocycles. The molecule has 1 aromatic carbocycles. The Kier molecular flexibility index (Phi) is 8.24. The van der Waals surface area contributed by atoms with Gasteiger partial charge in [-0.05, 0) is 74.7 Å². The highest BCUT2D eigenvalue weighted by molar-refractivity contribution is 5.23. The van der Waals surface area contributed by atoms with Crippen molar-refractivity contribution in [3.05, 3.63) is 71.8 Å². The first kappa shape index (κ1) is 25.8. The summed E-state index contributed by atoms with van der Waals surface area (Å²) in [6.45, 7) is 8.68. The number of likely N-dealkylation sites (tertiary alicyclic amines) is 2. The molecule has 2 aliphatic heterocycles. The smallest absolute Gasteiger partial charge is 0.120 e. The Hall–Kier alpha value is -2.48. The van der Waals surface area contributed by atoms with E-state index in [1.54, 1.807) is 0 Å². The number of hydrogen-bond acceptors (Lipinski definition) is 5. The van der Waals surface area contributed by atoms with E-state index in [1.807, 2.05) is 24.8 Å². The first-order chi connectivity index (χ1) is 18.7. The number of rotatable bonds is 9. The predicted molar refractivity (Wildman–Crippen MR) is 151 cm³/mol. The van der Waals surface area contributed by atoms with Crippen molar-refractivity contribution in [1.82, 2.24) is 34.6 Å². The van der Waals surface area contributed by atoms with E-state index in [-0.39, 0.29) is 0 Å². The molecule has 7 heteroatoms. The molecule has 0 unspecified atom stereocenters. The molecule has 2 N–H and O–H groups in total. The van der Waals surface area contributed by atoms with Crippen molar-refractivity contribution in [2.75, 3.05) is 26.2 Å². The average molecular weight is 516 g/mol. The number of benzene rings is 1. The van der Waals surface area contributed by atoms with Crippen LogP contribution in [-0.4, -0.2) is 66.9 Å². The van der Waals surface area contributed by atoms with Crippen LogP contribution in [0.3, 0.4) is 0 Å². The standard InChI is InChI=1S/C31H45N7/c1-2-5-28(6-3-1)38-19-12-31(13-20-38)11-4-18-36(25-31)21-26-7-9-27(10-8-26)22-37(23-29-32-14-15-33-29)24-30-34-16-17-35-30/h7-10,14-17,28H,1-6,11-13,18-25H2,(H,32,33)(H,34,35). The highest BCUT2D eigenvalue weighted by Gasteiger charge is 2.39. The van der Waals surface area contributed by atoms with Crippen molar-refractivity contribution in [2.45, 2.75) is 90.0 Å². The van der Waals surface area contributed by atoms with E-state index in [9.17, 15) is 0 Å². The van der Waals surface area contributed by atoms with Gasteiger partial charge < -0.3 is 14.9 Å². The number of hydrogen-bond donors (Lipinski definition) is 2. The molecule has 0 bridgehead atoms. The summed E-state index contributed by atoms with van der Waals surface area (Å²) in [4.78, 5) is 23.3. The van der Waals surface area contributed by atoms with Crippen molar-refractivity contribution in [3.8, 4) is 0 Å². The number of aromatic amines is 2. The first-order valence-corrected chi connectivity index (χ1v) is 15.0. The van der Waals surface area contributed by atoms with Gasteiger partial charge in [0.15, 0.2) is 0 Å². The third-order valence-corrected chi connectivity index (χ3v) is 9.38. The Labute approximate surface area is 228 Å². The number of aromatic nitrogens is 4. The van der Waals surface area contributed by atoms with Crippen LogP contribution in [0.1, 0.15) is 80.6 Å². The van der Waals surface area contributed by atoms with Gasteiger partial charge in [-0.25, -0.2) is 9.97 Å². The summed E-state index contributed by atoms with van der Waals surface area (Å²) in [5, 5.41) is 0. The van der Waals surface area contributed by atoms with Crippen molar-refractivity contribution < 1.29 is 0 Å². The molecule has 3 aromatic rings. The second kappa shape index (κ2) is 12.1. The third-order valence-electron chi connectivity index (χ3n) is 9.38. The lowest BCUT2D eigenvalue weighted by Crippen LogP contribution is -2.51.